The smallest absolute Gasteiger partial charge is 0.228 e. The first-order valence-electron chi connectivity index (χ1n) is 9.77. The number of hydrogen-bond acceptors (Lipinski definition) is 5. The van der Waals surface area contributed by atoms with E-state index in [0.29, 0.717) is 24.4 Å². The second kappa shape index (κ2) is 6.63. The maximum absolute atomic E-state index is 12.0. The number of rotatable bonds is 6. The van der Waals surface area contributed by atoms with Crippen LogP contribution in [0.5, 0.6) is 5.75 Å². The molecule has 146 valence electrons. The number of ether oxygens (including phenoxy) is 1. The number of aryl methyl sites for hydroxylation is 1. The minimum atomic E-state index is 0.0600. The first kappa shape index (κ1) is 17.2. The van der Waals surface area contributed by atoms with Gasteiger partial charge in [0.05, 0.1) is 11.7 Å². The van der Waals surface area contributed by atoms with Gasteiger partial charge in [0.25, 0.3) is 0 Å². The van der Waals surface area contributed by atoms with E-state index in [1.54, 1.807) is 10.7 Å². The van der Waals surface area contributed by atoms with Gasteiger partial charge in [-0.05, 0) is 37.4 Å². The second-order valence-electron chi connectivity index (χ2n) is 7.86. The number of amides is 1. The highest BCUT2D eigenvalue weighted by molar-refractivity contribution is 5.93. The summed E-state index contributed by atoms with van der Waals surface area (Å²) in [5.74, 6) is 2.20. The van der Waals surface area contributed by atoms with Crippen molar-refractivity contribution in [2.75, 3.05) is 18.5 Å². The molecule has 2 N–H and O–H groups in total. The standard InChI is InChI=1S/C20H24N6O2/c1-12-9-21-16(12)11-28-17-10-22-25(2)19(17)14-5-6-26-15(7-14)8-18(24-26)23-20(27)13-3-4-13/h5-8,10,12-13,16,21H,3-4,9,11H2,1-2H3,(H,23,24,27)/t12-,16-/m0/s1. The van der Waals surface area contributed by atoms with E-state index in [2.05, 4.69) is 27.8 Å². The van der Waals surface area contributed by atoms with Crippen LogP contribution in [-0.4, -0.2) is 44.5 Å². The lowest BCUT2D eigenvalue weighted by atomic mass is 9.95. The SMILES string of the molecule is C[C@H]1CN[C@H]1COc1cnn(C)c1-c1ccn2nc(NC(=O)C3CC3)cc2c1. The van der Waals surface area contributed by atoms with Crippen LogP contribution in [0.4, 0.5) is 5.82 Å². The van der Waals surface area contributed by atoms with Crippen LogP contribution in [-0.2, 0) is 11.8 Å². The summed E-state index contributed by atoms with van der Waals surface area (Å²) in [5, 5.41) is 15.1. The molecule has 2 atom stereocenters. The predicted molar refractivity (Wildman–Crippen MR) is 105 cm³/mol. The van der Waals surface area contributed by atoms with Crippen LogP contribution in [0.15, 0.2) is 30.6 Å². The zero-order valence-electron chi connectivity index (χ0n) is 16.1. The molecule has 0 spiro atoms. The summed E-state index contributed by atoms with van der Waals surface area (Å²) < 4.78 is 9.66. The van der Waals surface area contributed by atoms with Gasteiger partial charge in [-0.15, -0.1) is 0 Å². The van der Waals surface area contributed by atoms with Crippen molar-refractivity contribution in [1.29, 1.82) is 0 Å². The summed E-state index contributed by atoms with van der Waals surface area (Å²) in [6, 6.07) is 6.30. The quantitative estimate of drug-likeness (QED) is 0.684. The Kier molecular flexibility index (Phi) is 4.08. The van der Waals surface area contributed by atoms with Crippen molar-refractivity contribution in [3.63, 3.8) is 0 Å². The van der Waals surface area contributed by atoms with Gasteiger partial charge in [0, 0.05) is 36.8 Å². The number of hydrogen-bond donors (Lipinski definition) is 2. The molecule has 3 aromatic rings. The second-order valence-corrected chi connectivity index (χ2v) is 7.86. The fourth-order valence-corrected chi connectivity index (χ4v) is 3.55. The van der Waals surface area contributed by atoms with E-state index in [0.717, 1.165) is 41.9 Å². The van der Waals surface area contributed by atoms with Gasteiger partial charge in [-0.2, -0.15) is 10.2 Å². The van der Waals surface area contributed by atoms with E-state index in [9.17, 15) is 4.79 Å². The summed E-state index contributed by atoms with van der Waals surface area (Å²) in [5.41, 5.74) is 2.83. The molecule has 0 unspecified atom stereocenters. The average Bonchev–Trinajstić information content (AvgIpc) is 3.36. The van der Waals surface area contributed by atoms with Gasteiger partial charge in [-0.3, -0.25) is 9.48 Å². The summed E-state index contributed by atoms with van der Waals surface area (Å²) in [7, 11) is 1.91. The molecule has 0 aromatic carbocycles. The predicted octanol–water partition coefficient (Wildman–Crippen LogP) is 2.07. The van der Waals surface area contributed by atoms with Crippen LogP contribution in [0, 0.1) is 11.8 Å². The van der Waals surface area contributed by atoms with Gasteiger partial charge < -0.3 is 15.4 Å². The summed E-state index contributed by atoms with van der Waals surface area (Å²) in [4.78, 5) is 12.0. The number of pyridine rings is 1. The molecular formula is C20H24N6O2. The van der Waals surface area contributed by atoms with Gasteiger partial charge >= 0.3 is 0 Å². The van der Waals surface area contributed by atoms with E-state index in [1.165, 1.54) is 0 Å². The first-order valence-corrected chi connectivity index (χ1v) is 9.77. The van der Waals surface area contributed by atoms with Crippen molar-refractivity contribution >= 4 is 17.2 Å². The number of anilines is 1. The number of aromatic nitrogens is 4. The molecule has 1 aliphatic heterocycles. The molecule has 1 saturated heterocycles. The van der Waals surface area contributed by atoms with Crippen molar-refractivity contribution in [3.05, 3.63) is 30.6 Å². The summed E-state index contributed by atoms with van der Waals surface area (Å²) in [6.45, 7) is 3.90. The topological polar surface area (TPSA) is 85.5 Å². The Morgan fingerprint density at radius 3 is 2.96 bits per heavy atom. The van der Waals surface area contributed by atoms with Crippen LogP contribution in [0.2, 0.25) is 0 Å². The summed E-state index contributed by atoms with van der Waals surface area (Å²) >= 11 is 0. The van der Waals surface area contributed by atoms with Crippen molar-refractivity contribution in [1.82, 2.24) is 24.7 Å². The lowest BCUT2D eigenvalue weighted by molar-refractivity contribution is -0.117. The fraction of sp³-hybridized carbons (Fsp3) is 0.450. The number of fused-ring (bicyclic) bond motifs is 1. The highest BCUT2D eigenvalue weighted by atomic mass is 16.5. The Balaban J connectivity index is 1.39. The fourth-order valence-electron chi connectivity index (χ4n) is 3.55. The van der Waals surface area contributed by atoms with Crippen molar-refractivity contribution in [2.24, 2.45) is 18.9 Å². The lowest BCUT2D eigenvalue weighted by Gasteiger charge is -2.35. The Morgan fingerprint density at radius 2 is 2.25 bits per heavy atom. The van der Waals surface area contributed by atoms with Gasteiger partial charge in [0.15, 0.2) is 11.6 Å². The molecule has 0 bridgehead atoms. The number of carbonyl (C=O) groups is 1. The van der Waals surface area contributed by atoms with Crippen molar-refractivity contribution < 1.29 is 9.53 Å². The first-order chi connectivity index (χ1) is 13.6. The van der Waals surface area contributed by atoms with Gasteiger partial charge in [0.2, 0.25) is 5.91 Å². The third-order valence-corrected chi connectivity index (χ3v) is 5.65. The molecule has 2 fully saturated rings. The molecule has 8 nitrogen and oxygen atoms in total. The molecule has 2 aliphatic rings. The van der Waals surface area contributed by atoms with Crippen molar-refractivity contribution in [2.45, 2.75) is 25.8 Å². The molecule has 1 aliphatic carbocycles. The molecule has 5 rings (SSSR count). The van der Waals surface area contributed by atoms with Crippen LogP contribution in [0.25, 0.3) is 16.8 Å². The van der Waals surface area contributed by atoms with Gasteiger partial charge in [0.1, 0.15) is 12.3 Å². The third-order valence-electron chi connectivity index (χ3n) is 5.65. The van der Waals surface area contributed by atoms with Gasteiger partial charge in [-0.1, -0.05) is 6.92 Å². The molecule has 1 amide bonds. The van der Waals surface area contributed by atoms with Gasteiger partial charge in [-0.25, -0.2) is 4.52 Å². The van der Waals surface area contributed by atoms with Crippen molar-refractivity contribution in [3.8, 4) is 17.0 Å². The Labute approximate surface area is 162 Å². The molecule has 28 heavy (non-hydrogen) atoms. The highest BCUT2D eigenvalue weighted by Crippen LogP contribution is 2.32. The Bertz CT molecular complexity index is 1030. The summed E-state index contributed by atoms with van der Waals surface area (Å²) in [6.07, 6.45) is 5.61. The highest BCUT2D eigenvalue weighted by Gasteiger charge is 2.30. The van der Waals surface area contributed by atoms with Crippen LogP contribution in [0.3, 0.4) is 0 Å². The van der Waals surface area contributed by atoms with E-state index in [1.807, 2.05) is 36.1 Å². The third kappa shape index (κ3) is 3.13. The minimum Gasteiger partial charge on any atom is -0.488 e. The maximum Gasteiger partial charge on any atom is 0.228 e. The normalized spacial score (nSPS) is 21.5. The molecule has 0 radical (unpaired) electrons. The monoisotopic (exact) mass is 380 g/mol. The Morgan fingerprint density at radius 1 is 1.39 bits per heavy atom. The molecular weight excluding hydrogens is 356 g/mol. The molecule has 1 saturated carbocycles. The number of nitrogens with one attached hydrogen (secondary N) is 2. The number of nitrogens with zero attached hydrogens (tertiary/aromatic N) is 4. The average molecular weight is 380 g/mol. The maximum atomic E-state index is 12.0. The van der Waals surface area contributed by atoms with E-state index in [4.69, 9.17) is 4.74 Å². The van der Waals surface area contributed by atoms with E-state index >= 15 is 0 Å². The van der Waals surface area contributed by atoms with E-state index in [-0.39, 0.29) is 11.8 Å². The largest absolute Gasteiger partial charge is 0.488 e. The minimum absolute atomic E-state index is 0.0600. The van der Waals surface area contributed by atoms with Crippen LogP contribution < -0.4 is 15.4 Å². The lowest BCUT2D eigenvalue weighted by Crippen LogP contribution is -2.54. The molecule has 3 aromatic heterocycles. The molecule has 8 heteroatoms. The molecule has 4 heterocycles. The zero-order valence-corrected chi connectivity index (χ0v) is 16.1. The Hall–Kier alpha value is -2.87. The van der Waals surface area contributed by atoms with E-state index < -0.39 is 0 Å². The van der Waals surface area contributed by atoms with Crippen LogP contribution >= 0.6 is 0 Å². The number of carbonyl (C=O) groups excluding carboxylic acids is 1. The van der Waals surface area contributed by atoms with Crippen LogP contribution in [0.1, 0.15) is 19.8 Å². The zero-order chi connectivity index (χ0) is 19.3.